The van der Waals surface area contributed by atoms with Crippen LogP contribution in [0.5, 0.6) is 0 Å². The largest absolute Gasteiger partial charge is 0.299 e. The first kappa shape index (κ1) is 17.3. The van der Waals surface area contributed by atoms with Crippen LogP contribution in [-0.4, -0.2) is 62.3 Å². The molecule has 0 saturated carbocycles. The van der Waals surface area contributed by atoms with Crippen LogP contribution in [0.3, 0.4) is 0 Å². The summed E-state index contributed by atoms with van der Waals surface area (Å²) < 4.78 is 1.66. The lowest BCUT2D eigenvalue weighted by Gasteiger charge is -2.34. The second-order valence-corrected chi connectivity index (χ2v) is 7.20. The molecule has 0 amide bonds. The summed E-state index contributed by atoms with van der Waals surface area (Å²) in [6, 6.07) is 3.78. The van der Waals surface area contributed by atoms with Gasteiger partial charge in [-0.15, -0.1) is 0 Å². The molecule has 1 saturated heterocycles. The molecule has 2 aliphatic rings. The maximum atomic E-state index is 12.3. The molecule has 1 aliphatic heterocycles. The van der Waals surface area contributed by atoms with Crippen LogP contribution >= 0.6 is 0 Å². The van der Waals surface area contributed by atoms with Crippen molar-refractivity contribution in [2.75, 3.05) is 32.7 Å². The molecular weight excluding hydrogens is 328 g/mol. The normalized spacial score (nSPS) is 18.6. The standard InChI is InChI=1S/C19H26N6O/c26-19-13-16-3-1-2-4-18(16)22-25(19)12-11-23-7-9-24(10-8-23)14-17-5-6-20-15-21-17/h5-6,13,15H,1-4,7-12,14H2. The molecule has 1 aliphatic carbocycles. The van der Waals surface area contributed by atoms with Gasteiger partial charge >= 0.3 is 0 Å². The molecule has 138 valence electrons. The van der Waals surface area contributed by atoms with Crippen molar-refractivity contribution in [1.82, 2.24) is 29.5 Å². The summed E-state index contributed by atoms with van der Waals surface area (Å²) in [5.41, 5.74) is 3.41. The van der Waals surface area contributed by atoms with Crippen LogP contribution < -0.4 is 5.56 Å². The van der Waals surface area contributed by atoms with Crippen molar-refractivity contribution in [2.24, 2.45) is 0 Å². The molecule has 0 N–H and O–H groups in total. The summed E-state index contributed by atoms with van der Waals surface area (Å²) in [6.45, 7) is 6.52. The number of hydrogen-bond donors (Lipinski definition) is 0. The minimum atomic E-state index is 0.0491. The first-order valence-electron chi connectivity index (χ1n) is 9.57. The van der Waals surface area contributed by atoms with Crippen molar-refractivity contribution < 1.29 is 0 Å². The molecule has 7 nitrogen and oxygen atoms in total. The molecule has 26 heavy (non-hydrogen) atoms. The van der Waals surface area contributed by atoms with Crippen LogP contribution in [0.4, 0.5) is 0 Å². The van der Waals surface area contributed by atoms with Crippen molar-refractivity contribution in [3.8, 4) is 0 Å². The number of aryl methyl sites for hydroxylation is 2. The van der Waals surface area contributed by atoms with Crippen LogP contribution in [-0.2, 0) is 25.9 Å². The summed E-state index contributed by atoms with van der Waals surface area (Å²) in [4.78, 5) is 25.4. The zero-order valence-electron chi connectivity index (χ0n) is 15.2. The fourth-order valence-corrected chi connectivity index (χ4v) is 3.81. The van der Waals surface area contributed by atoms with E-state index in [4.69, 9.17) is 0 Å². The highest BCUT2D eigenvalue weighted by atomic mass is 16.1. The molecule has 0 spiro atoms. The van der Waals surface area contributed by atoms with E-state index in [-0.39, 0.29) is 5.56 Å². The second-order valence-electron chi connectivity index (χ2n) is 7.20. The molecule has 0 radical (unpaired) electrons. The van der Waals surface area contributed by atoms with Gasteiger partial charge in [0.25, 0.3) is 5.56 Å². The highest BCUT2D eigenvalue weighted by Crippen LogP contribution is 2.16. The molecule has 0 bridgehead atoms. The summed E-state index contributed by atoms with van der Waals surface area (Å²) in [7, 11) is 0. The van der Waals surface area contributed by atoms with Gasteiger partial charge in [0.15, 0.2) is 0 Å². The zero-order chi connectivity index (χ0) is 17.8. The van der Waals surface area contributed by atoms with Crippen molar-refractivity contribution >= 4 is 0 Å². The van der Waals surface area contributed by atoms with Crippen LogP contribution in [0.2, 0.25) is 0 Å². The Labute approximate surface area is 153 Å². The molecule has 1 fully saturated rings. The van der Waals surface area contributed by atoms with Gasteiger partial charge < -0.3 is 0 Å². The average molecular weight is 354 g/mol. The van der Waals surface area contributed by atoms with Gasteiger partial charge in [-0.25, -0.2) is 14.6 Å². The van der Waals surface area contributed by atoms with Crippen LogP contribution in [0.1, 0.15) is 29.8 Å². The fourth-order valence-electron chi connectivity index (χ4n) is 3.81. The summed E-state index contributed by atoms with van der Waals surface area (Å²) >= 11 is 0. The van der Waals surface area contributed by atoms with E-state index in [1.54, 1.807) is 23.3 Å². The molecule has 0 aromatic carbocycles. The van der Waals surface area contributed by atoms with Gasteiger partial charge in [-0.05, 0) is 37.3 Å². The van der Waals surface area contributed by atoms with Gasteiger partial charge in [0.05, 0.1) is 17.9 Å². The SMILES string of the molecule is O=c1cc2c(nn1CCN1CCN(Cc3ccncn3)CC1)CCCC2. The number of rotatable bonds is 5. The van der Waals surface area contributed by atoms with E-state index >= 15 is 0 Å². The van der Waals surface area contributed by atoms with Crippen LogP contribution in [0, 0.1) is 0 Å². The highest BCUT2D eigenvalue weighted by molar-refractivity contribution is 5.20. The Balaban J connectivity index is 1.28. The maximum Gasteiger partial charge on any atom is 0.267 e. The molecule has 3 heterocycles. The van der Waals surface area contributed by atoms with Crippen molar-refractivity contribution in [3.05, 3.63) is 52.0 Å². The van der Waals surface area contributed by atoms with Gasteiger partial charge in [0.1, 0.15) is 6.33 Å². The first-order chi connectivity index (χ1) is 12.8. The third-order valence-corrected chi connectivity index (χ3v) is 5.40. The van der Waals surface area contributed by atoms with Gasteiger partial charge in [-0.2, -0.15) is 5.10 Å². The van der Waals surface area contributed by atoms with Crippen molar-refractivity contribution in [1.29, 1.82) is 0 Å². The maximum absolute atomic E-state index is 12.3. The third-order valence-electron chi connectivity index (χ3n) is 5.40. The molecule has 0 unspecified atom stereocenters. The van der Waals surface area contributed by atoms with E-state index in [0.717, 1.165) is 69.1 Å². The minimum absolute atomic E-state index is 0.0491. The van der Waals surface area contributed by atoms with Gasteiger partial charge in [-0.3, -0.25) is 14.6 Å². The molecule has 2 aromatic rings. The summed E-state index contributed by atoms with van der Waals surface area (Å²) in [5.74, 6) is 0. The van der Waals surface area contributed by atoms with E-state index in [1.807, 2.05) is 6.07 Å². The molecule has 2 aromatic heterocycles. The Morgan fingerprint density at radius 2 is 1.81 bits per heavy atom. The number of aromatic nitrogens is 4. The quantitative estimate of drug-likeness (QED) is 0.789. The topological polar surface area (TPSA) is 67.2 Å². The number of fused-ring (bicyclic) bond motifs is 1. The highest BCUT2D eigenvalue weighted by Gasteiger charge is 2.18. The van der Waals surface area contributed by atoms with Crippen LogP contribution in [0.15, 0.2) is 29.5 Å². The Bertz CT molecular complexity index is 782. The average Bonchev–Trinajstić information content (AvgIpc) is 2.68. The predicted molar refractivity (Wildman–Crippen MR) is 98.9 cm³/mol. The Kier molecular flexibility index (Phi) is 5.36. The Morgan fingerprint density at radius 1 is 1.00 bits per heavy atom. The Hall–Kier alpha value is -2.12. The number of nitrogens with zero attached hydrogens (tertiary/aromatic N) is 6. The number of hydrogen-bond acceptors (Lipinski definition) is 6. The monoisotopic (exact) mass is 354 g/mol. The number of piperazine rings is 1. The lowest BCUT2D eigenvalue weighted by Crippen LogP contribution is -2.47. The fraction of sp³-hybridized carbons (Fsp3) is 0.579. The lowest BCUT2D eigenvalue weighted by atomic mass is 9.97. The first-order valence-corrected chi connectivity index (χ1v) is 9.57. The second kappa shape index (κ2) is 8.05. The van der Waals surface area contributed by atoms with Crippen molar-refractivity contribution in [2.45, 2.75) is 38.8 Å². The minimum Gasteiger partial charge on any atom is -0.299 e. The van der Waals surface area contributed by atoms with E-state index in [1.165, 1.54) is 12.8 Å². The summed E-state index contributed by atoms with van der Waals surface area (Å²) in [6.07, 6.45) is 7.78. The Morgan fingerprint density at radius 3 is 2.62 bits per heavy atom. The zero-order valence-corrected chi connectivity index (χ0v) is 15.2. The van der Waals surface area contributed by atoms with Gasteiger partial charge in [0.2, 0.25) is 0 Å². The molecule has 0 atom stereocenters. The van der Waals surface area contributed by atoms with E-state index < -0.39 is 0 Å². The molecular formula is C19H26N6O. The third kappa shape index (κ3) is 4.16. The van der Waals surface area contributed by atoms with E-state index in [0.29, 0.717) is 6.54 Å². The van der Waals surface area contributed by atoms with E-state index in [2.05, 4.69) is 24.9 Å². The summed E-state index contributed by atoms with van der Waals surface area (Å²) in [5, 5.41) is 4.62. The molecule has 4 rings (SSSR count). The van der Waals surface area contributed by atoms with E-state index in [9.17, 15) is 4.79 Å². The van der Waals surface area contributed by atoms with Gasteiger partial charge in [0, 0.05) is 51.5 Å². The molecule has 7 heteroatoms. The van der Waals surface area contributed by atoms with Crippen molar-refractivity contribution in [3.63, 3.8) is 0 Å². The van der Waals surface area contributed by atoms with Crippen LogP contribution in [0.25, 0.3) is 0 Å². The predicted octanol–water partition coefficient (Wildman–Crippen LogP) is 0.730. The van der Waals surface area contributed by atoms with Gasteiger partial charge in [-0.1, -0.05) is 0 Å². The smallest absolute Gasteiger partial charge is 0.267 e. The lowest BCUT2D eigenvalue weighted by molar-refractivity contribution is 0.121.